The van der Waals surface area contributed by atoms with Crippen LogP contribution in [0.1, 0.15) is 0 Å². The van der Waals surface area contributed by atoms with Crippen molar-refractivity contribution in [3.8, 4) is 0 Å². The molecule has 125 valence electrons. The fourth-order valence-corrected chi connectivity index (χ4v) is 2.50. The molecule has 0 aromatic rings. The number of nitrogens with one attached hydrogen (secondary N) is 1. The van der Waals surface area contributed by atoms with E-state index >= 15 is 0 Å². The Balaban J connectivity index is 0.000000352. The van der Waals surface area contributed by atoms with Crippen LogP contribution in [0, 0.1) is 0 Å². The molecular formula is C10H19CuN5O5. The minimum Gasteiger partial charge on any atom is -0.549 e. The molecule has 0 amide bonds. The Morgan fingerprint density at radius 2 is 1.00 bits per heavy atom. The number of carbonyl (C=O) groups excluding carboxylic acids is 2. The maximum atomic E-state index is 9.59. The van der Waals surface area contributed by atoms with E-state index in [-0.39, 0.29) is 22.5 Å². The van der Waals surface area contributed by atoms with Gasteiger partial charge < -0.3 is 30.6 Å². The van der Waals surface area contributed by atoms with Crippen molar-refractivity contribution in [3.63, 3.8) is 0 Å². The molecule has 0 atom stereocenters. The molecule has 0 aromatic heterocycles. The first kappa shape index (κ1) is 20.2. The van der Waals surface area contributed by atoms with Crippen molar-refractivity contribution in [2.75, 3.05) is 53.1 Å². The molecule has 4 saturated heterocycles. The van der Waals surface area contributed by atoms with Crippen LogP contribution in [0.2, 0.25) is 0 Å². The normalized spacial score (nSPS) is 31.2. The van der Waals surface area contributed by atoms with Gasteiger partial charge in [-0.15, -0.1) is 0 Å². The molecule has 21 heavy (non-hydrogen) atoms. The molecule has 0 spiro atoms. The third-order valence-electron chi connectivity index (χ3n) is 2.94. The van der Waals surface area contributed by atoms with Crippen LogP contribution < -0.4 is 15.5 Å². The smallest absolute Gasteiger partial charge is 0.549 e. The molecule has 4 fully saturated rings. The zero-order chi connectivity index (χ0) is 13.8. The zero-order valence-corrected chi connectivity index (χ0v) is 12.3. The molecule has 11 heteroatoms. The van der Waals surface area contributed by atoms with Crippen molar-refractivity contribution in [2.45, 2.75) is 0 Å². The van der Waals surface area contributed by atoms with E-state index in [4.69, 9.17) is 0 Å². The van der Waals surface area contributed by atoms with Gasteiger partial charge in [0.2, 0.25) is 0 Å². The molecule has 0 aliphatic carbocycles. The van der Waals surface area contributed by atoms with E-state index in [1.54, 1.807) is 0 Å². The molecule has 1 radical (unpaired) electrons. The average molecular weight is 353 g/mol. The predicted molar refractivity (Wildman–Crippen MR) is 63.1 cm³/mol. The number of nitrogens with zero attached hydrogens (tertiary/aromatic N) is 4. The van der Waals surface area contributed by atoms with Crippen LogP contribution in [-0.4, -0.2) is 90.1 Å². The van der Waals surface area contributed by atoms with E-state index in [0.29, 0.717) is 0 Å². The van der Waals surface area contributed by atoms with Crippen molar-refractivity contribution in [1.29, 1.82) is 0 Å². The van der Waals surface area contributed by atoms with Crippen molar-refractivity contribution in [2.24, 2.45) is 0 Å². The topological polar surface area (TPSA) is 137 Å². The van der Waals surface area contributed by atoms with Crippen LogP contribution >= 0.6 is 0 Å². The monoisotopic (exact) mass is 352 g/mol. The number of carboxylic acid groups (broad SMARTS) is 2. The number of hydrogen-bond acceptors (Lipinski definition) is 9. The zero-order valence-electron chi connectivity index (χ0n) is 11.4. The Labute approximate surface area is 133 Å². The standard InChI is InChI=1S/C6H12N4.C4H7NO4.Cu.H2O/c1-7-2-9-4-8(1)5-10(3-7)6-9;6-3(7)1-5-2-4(8)9;;/h1-6H2;5H,1-2H2,(H,6,7)(H,8,9);;1H2/q;;+2;/p-2. The summed E-state index contributed by atoms with van der Waals surface area (Å²) in [6.07, 6.45) is 0. The summed E-state index contributed by atoms with van der Waals surface area (Å²) in [6.45, 7) is 6.20. The van der Waals surface area contributed by atoms with Gasteiger partial charge in [-0.25, -0.2) is 0 Å². The maximum absolute atomic E-state index is 9.59. The van der Waals surface area contributed by atoms with Crippen LogP contribution in [-0.2, 0) is 26.7 Å². The predicted octanol–water partition coefficient (Wildman–Crippen LogP) is -5.77. The van der Waals surface area contributed by atoms with Crippen molar-refractivity contribution < 1.29 is 42.3 Å². The minimum absolute atomic E-state index is 0. The number of hydrogen-bond donors (Lipinski definition) is 1. The van der Waals surface area contributed by atoms with Crippen molar-refractivity contribution in [3.05, 3.63) is 0 Å². The van der Waals surface area contributed by atoms with Gasteiger partial charge in [0.25, 0.3) is 0 Å². The Morgan fingerprint density at radius 3 is 1.19 bits per heavy atom. The van der Waals surface area contributed by atoms with Gasteiger partial charge in [-0.1, -0.05) is 0 Å². The molecular weight excluding hydrogens is 334 g/mol. The van der Waals surface area contributed by atoms with Crippen LogP contribution in [0.25, 0.3) is 0 Å². The number of rotatable bonds is 4. The minimum atomic E-state index is -1.34. The molecule has 4 rings (SSSR count). The van der Waals surface area contributed by atoms with Gasteiger partial charge in [-0.05, 0) is 0 Å². The molecule has 0 unspecified atom stereocenters. The van der Waals surface area contributed by atoms with E-state index in [0.717, 1.165) is 0 Å². The molecule has 4 heterocycles. The first-order valence-electron chi connectivity index (χ1n) is 6.03. The van der Waals surface area contributed by atoms with Gasteiger partial charge in [0.15, 0.2) is 0 Å². The quantitative estimate of drug-likeness (QED) is 0.490. The van der Waals surface area contributed by atoms with Crippen LogP contribution in [0.15, 0.2) is 0 Å². The Kier molecular flexibility index (Phi) is 8.94. The number of carbonyl (C=O) groups is 2. The fourth-order valence-electron chi connectivity index (χ4n) is 2.50. The summed E-state index contributed by atoms with van der Waals surface area (Å²) in [5, 5.41) is 21.2. The van der Waals surface area contributed by atoms with E-state index in [9.17, 15) is 19.8 Å². The van der Waals surface area contributed by atoms with Crippen molar-refractivity contribution >= 4 is 11.9 Å². The van der Waals surface area contributed by atoms with Gasteiger partial charge in [0.05, 0.1) is 52.0 Å². The van der Waals surface area contributed by atoms with Gasteiger partial charge in [-0.2, -0.15) is 0 Å². The fraction of sp³-hybridized carbons (Fsp3) is 0.800. The molecule has 3 N–H and O–H groups in total. The first-order valence-corrected chi connectivity index (χ1v) is 6.03. The van der Waals surface area contributed by atoms with Crippen LogP contribution in [0.4, 0.5) is 0 Å². The SMILES string of the molecule is C1N2CN3CN1CN(C2)C3.O.O=C([O-])CNCC(=O)[O-].[Cu+2]. The van der Waals surface area contributed by atoms with Crippen molar-refractivity contribution in [1.82, 2.24) is 24.9 Å². The van der Waals surface area contributed by atoms with Gasteiger partial charge in [0, 0.05) is 13.1 Å². The second-order valence-electron chi connectivity index (χ2n) is 4.88. The summed E-state index contributed by atoms with van der Waals surface area (Å²) in [5.41, 5.74) is 0. The summed E-state index contributed by atoms with van der Waals surface area (Å²) < 4.78 is 0. The second kappa shape index (κ2) is 9.28. The van der Waals surface area contributed by atoms with Gasteiger partial charge >= 0.3 is 17.1 Å². The number of carboxylic acids is 2. The maximum Gasteiger partial charge on any atom is 2.00 e. The third kappa shape index (κ3) is 6.67. The second-order valence-corrected chi connectivity index (χ2v) is 4.88. The number of aliphatic carboxylic acids is 2. The molecule has 4 bridgehead atoms. The summed E-state index contributed by atoms with van der Waals surface area (Å²) in [4.78, 5) is 29.1. The Morgan fingerprint density at radius 1 is 0.762 bits per heavy atom. The first-order chi connectivity index (χ1) is 9.02. The van der Waals surface area contributed by atoms with E-state index in [1.807, 2.05) is 0 Å². The average Bonchev–Trinajstić information content (AvgIpc) is 2.26. The Hall–Kier alpha value is -0.781. The van der Waals surface area contributed by atoms with Crippen LogP contribution in [0.5, 0.6) is 0 Å². The van der Waals surface area contributed by atoms with Gasteiger partial charge in [0.1, 0.15) is 0 Å². The molecule has 0 saturated carbocycles. The summed E-state index contributed by atoms with van der Waals surface area (Å²) >= 11 is 0. The van der Waals surface area contributed by atoms with Gasteiger partial charge in [-0.3, -0.25) is 19.6 Å². The van der Waals surface area contributed by atoms with E-state index in [1.165, 1.54) is 40.0 Å². The van der Waals surface area contributed by atoms with E-state index < -0.39 is 25.0 Å². The summed E-state index contributed by atoms with van der Waals surface area (Å²) in [6, 6.07) is 0. The molecule has 0 aromatic carbocycles. The molecule has 10 nitrogen and oxygen atoms in total. The summed E-state index contributed by atoms with van der Waals surface area (Å²) in [5.74, 6) is -2.67. The largest absolute Gasteiger partial charge is 2.00 e. The van der Waals surface area contributed by atoms with E-state index in [2.05, 4.69) is 24.9 Å². The Bertz CT molecular complexity index is 288. The molecule has 4 aliphatic heterocycles. The van der Waals surface area contributed by atoms with Crippen LogP contribution in [0.3, 0.4) is 0 Å². The molecule has 4 aliphatic rings. The third-order valence-corrected chi connectivity index (χ3v) is 2.94. The summed E-state index contributed by atoms with van der Waals surface area (Å²) in [7, 11) is 0.